The van der Waals surface area contributed by atoms with Crippen LogP contribution >= 0.6 is 0 Å². The van der Waals surface area contributed by atoms with Gasteiger partial charge >= 0.3 is 6.61 Å². The first-order valence-corrected chi connectivity index (χ1v) is 13.2. The Morgan fingerprint density at radius 3 is 2.53 bits per heavy atom. The first-order chi connectivity index (χ1) is 20.2. The number of ether oxygens (including phenoxy) is 2. The number of fused-ring (bicyclic) bond motifs is 1. The van der Waals surface area contributed by atoms with E-state index in [1.54, 1.807) is 50.1 Å². The fourth-order valence-corrected chi connectivity index (χ4v) is 5.01. The largest absolute Gasteiger partial charge is 0.496 e. The van der Waals surface area contributed by atoms with Crippen LogP contribution in [0.5, 0.6) is 11.5 Å². The number of carbonyl (C=O) groups excluding carboxylic acids is 1. The molecular weight excluding hydrogens is 572 g/mol. The standard InChI is InChI=1S/C29H28F4N6O4/c1-28(2,41)14-39-13-18(11-36-39)15-5-17(10-34)23-20(6-15)37-38(3)25(23)16-7-21(42-4)24(22(8-16)43-27(30)31)26(40)35-12-19-9-29(19,32)33/h5-8,11,13,19,27,41H,9,12,14H2,1-4H3,(H,35,40)/t19-/m1/s1. The summed E-state index contributed by atoms with van der Waals surface area (Å²) in [4.78, 5) is 13.0. The number of aromatic nitrogens is 4. The van der Waals surface area contributed by atoms with Crippen LogP contribution in [0, 0.1) is 17.2 Å². The summed E-state index contributed by atoms with van der Waals surface area (Å²) in [5.41, 5.74) is 1.22. The van der Waals surface area contributed by atoms with Gasteiger partial charge in [-0.1, -0.05) is 0 Å². The van der Waals surface area contributed by atoms with E-state index in [4.69, 9.17) is 4.74 Å². The molecule has 14 heteroatoms. The fraction of sp³-hybridized carbons (Fsp3) is 0.379. The molecule has 2 aromatic carbocycles. The summed E-state index contributed by atoms with van der Waals surface area (Å²) in [5.74, 6) is -5.50. The first kappa shape index (κ1) is 29.8. The van der Waals surface area contributed by atoms with Crippen LogP contribution in [-0.2, 0) is 13.6 Å². The van der Waals surface area contributed by atoms with Gasteiger partial charge < -0.3 is 19.9 Å². The second-order valence-electron chi connectivity index (χ2n) is 11.0. The van der Waals surface area contributed by atoms with E-state index in [9.17, 15) is 32.7 Å². The monoisotopic (exact) mass is 600 g/mol. The highest BCUT2D eigenvalue weighted by Gasteiger charge is 2.56. The number of aliphatic hydroxyl groups is 1. The van der Waals surface area contributed by atoms with Crippen molar-refractivity contribution in [2.45, 2.75) is 44.9 Å². The van der Waals surface area contributed by atoms with Crippen LogP contribution in [0.25, 0.3) is 33.3 Å². The Morgan fingerprint density at radius 1 is 1.23 bits per heavy atom. The minimum atomic E-state index is -3.31. The number of benzene rings is 2. The minimum Gasteiger partial charge on any atom is -0.496 e. The summed E-state index contributed by atoms with van der Waals surface area (Å²) in [7, 11) is 2.83. The zero-order valence-electron chi connectivity index (χ0n) is 23.7. The van der Waals surface area contributed by atoms with Crippen LogP contribution in [0.15, 0.2) is 36.7 Å². The van der Waals surface area contributed by atoms with E-state index in [2.05, 4.69) is 26.3 Å². The highest BCUT2D eigenvalue weighted by molar-refractivity contribution is 6.03. The normalized spacial score (nSPS) is 15.9. The number of alkyl halides is 4. The smallest absolute Gasteiger partial charge is 0.387 e. The maximum absolute atomic E-state index is 13.5. The molecule has 4 aromatic rings. The molecule has 0 saturated heterocycles. The van der Waals surface area contributed by atoms with E-state index in [0.29, 0.717) is 27.7 Å². The number of methoxy groups -OCH3 is 1. The van der Waals surface area contributed by atoms with Gasteiger partial charge in [-0.25, -0.2) is 8.78 Å². The number of hydrogen-bond donors (Lipinski definition) is 2. The third kappa shape index (κ3) is 6.12. The van der Waals surface area contributed by atoms with Crippen LogP contribution < -0.4 is 14.8 Å². The lowest BCUT2D eigenvalue weighted by Gasteiger charge is -2.17. The molecule has 1 saturated carbocycles. The summed E-state index contributed by atoms with van der Waals surface area (Å²) in [5, 5.41) is 31.8. The van der Waals surface area contributed by atoms with Crippen LogP contribution in [-0.4, -0.2) is 62.4 Å². The predicted octanol–water partition coefficient (Wildman–Crippen LogP) is 4.74. The molecule has 226 valence electrons. The molecule has 5 rings (SSSR count). The number of nitrogens with one attached hydrogen (secondary N) is 1. The Bertz CT molecular complexity index is 1750. The van der Waals surface area contributed by atoms with E-state index in [-0.39, 0.29) is 42.0 Å². The molecule has 0 aliphatic heterocycles. The quantitative estimate of drug-likeness (QED) is 0.252. The van der Waals surface area contributed by atoms with Crippen molar-refractivity contribution in [3.05, 3.63) is 47.8 Å². The summed E-state index contributed by atoms with van der Waals surface area (Å²) in [6.45, 7) is -0.0888. The number of carbonyl (C=O) groups is 1. The highest BCUT2D eigenvalue weighted by atomic mass is 19.3. The van der Waals surface area contributed by atoms with E-state index in [1.165, 1.54) is 23.9 Å². The molecule has 1 atom stereocenters. The first-order valence-electron chi connectivity index (χ1n) is 13.2. The zero-order chi connectivity index (χ0) is 31.3. The number of aryl methyl sites for hydroxylation is 1. The van der Waals surface area contributed by atoms with Crippen molar-refractivity contribution in [1.82, 2.24) is 24.9 Å². The topological polar surface area (TPSA) is 127 Å². The molecule has 1 aliphatic rings. The number of hydrogen-bond acceptors (Lipinski definition) is 7. The fourth-order valence-electron chi connectivity index (χ4n) is 5.01. The Morgan fingerprint density at radius 2 is 1.93 bits per heavy atom. The van der Waals surface area contributed by atoms with Crippen LogP contribution in [0.2, 0.25) is 0 Å². The van der Waals surface area contributed by atoms with Gasteiger partial charge in [0.2, 0.25) is 0 Å². The Hall–Kier alpha value is -4.64. The molecule has 1 amide bonds. The Balaban J connectivity index is 1.58. The summed E-state index contributed by atoms with van der Waals surface area (Å²) < 4.78 is 66.7. The third-order valence-corrected chi connectivity index (χ3v) is 7.04. The average molecular weight is 601 g/mol. The van der Waals surface area contributed by atoms with Crippen molar-refractivity contribution in [3.8, 4) is 40.0 Å². The molecular formula is C29H28F4N6O4. The molecule has 0 radical (unpaired) electrons. The molecule has 43 heavy (non-hydrogen) atoms. The van der Waals surface area contributed by atoms with Gasteiger partial charge in [-0.2, -0.15) is 24.2 Å². The predicted molar refractivity (Wildman–Crippen MR) is 147 cm³/mol. The molecule has 10 nitrogen and oxygen atoms in total. The van der Waals surface area contributed by atoms with Gasteiger partial charge in [0.05, 0.1) is 48.3 Å². The van der Waals surface area contributed by atoms with Crippen molar-refractivity contribution in [2.75, 3.05) is 13.7 Å². The van der Waals surface area contributed by atoms with E-state index in [0.717, 1.165) is 0 Å². The lowest BCUT2D eigenvalue weighted by atomic mass is 9.97. The van der Waals surface area contributed by atoms with Crippen molar-refractivity contribution < 1.29 is 36.9 Å². The number of nitrogens with zero attached hydrogens (tertiary/aromatic N) is 5. The lowest BCUT2D eigenvalue weighted by Crippen LogP contribution is -2.28. The van der Waals surface area contributed by atoms with Crippen molar-refractivity contribution in [3.63, 3.8) is 0 Å². The van der Waals surface area contributed by atoms with Gasteiger partial charge in [0.15, 0.2) is 0 Å². The van der Waals surface area contributed by atoms with Crippen LogP contribution in [0.4, 0.5) is 17.6 Å². The number of rotatable bonds is 10. The number of halogens is 4. The van der Waals surface area contributed by atoms with Crippen molar-refractivity contribution in [2.24, 2.45) is 13.0 Å². The minimum absolute atomic E-state index is 0.142. The number of amides is 1. The summed E-state index contributed by atoms with van der Waals surface area (Å²) in [6, 6.07) is 8.15. The highest BCUT2D eigenvalue weighted by Crippen LogP contribution is 2.48. The maximum Gasteiger partial charge on any atom is 0.387 e. The third-order valence-electron chi connectivity index (χ3n) is 7.04. The molecule has 1 fully saturated rings. The molecule has 0 unspecified atom stereocenters. The van der Waals surface area contributed by atoms with Gasteiger partial charge in [-0.05, 0) is 43.7 Å². The van der Waals surface area contributed by atoms with Gasteiger partial charge in [-0.3, -0.25) is 14.2 Å². The van der Waals surface area contributed by atoms with Crippen LogP contribution in [0.3, 0.4) is 0 Å². The SMILES string of the molecule is COc1cc(-c2c3c(C#N)cc(-c4cnn(CC(C)(C)O)c4)cc3nn2C)cc(OC(F)F)c1C(=O)NC[C@H]1CC1(F)F. The molecule has 2 N–H and O–H groups in total. The van der Waals surface area contributed by atoms with Gasteiger partial charge in [-0.15, -0.1) is 0 Å². The zero-order valence-corrected chi connectivity index (χ0v) is 23.7. The molecule has 1 aliphatic carbocycles. The molecule has 0 bridgehead atoms. The Labute approximate surface area is 243 Å². The summed E-state index contributed by atoms with van der Waals surface area (Å²) in [6.07, 6.45) is 2.96. The lowest BCUT2D eigenvalue weighted by molar-refractivity contribution is -0.0502. The van der Waals surface area contributed by atoms with E-state index >= 15 is 0 Å². The molecule has 0 spiro atoms. The van der Waals surface area contributed by atoms with Gasteiger partial charge in [0, 0.05) is 48.6 Å². The molecule has 2 aromatic heterocycles. The van der Waals surface area contributed by atoms with E-state index in [1.807, 2.05) is 0 Å². The van der Waals surface area contributed by atoms with Gasteiger partial charge in [0.1, 0.15) is 17.1 Å². The number of nitriles is 1. The van der Waals surface area contributed by atoms with Crippen molar-refractivity contribution >= 4 is 16.8 Å². The Kier molecular flexibility index (Phi) is 7.55. The second-order valence-corrected chi connectivity index (χ2v) is 11.0. The van der Waals surface area contributed by atoms with Crippen molar-refractivity contribution in [1.29, 1.82) is 5.26 Å². The summed E-state index contributed by atoms with van der Waals surface area (Å²) >= 11 is 0. The maximum atomic E-state index is 13.5. The van der Waals surface area contributed by atoms with Crippen LogP contribution in [0.1, 0.15) is 36.2 Å². The van der Waals surface area contributed by atoms with E-state index < -0.39 is 35.7 Å². The van der Waals surface area contributed by atoms with Gasteiger partial charge in [0.25, 0.3) is 11.8 Å². The second kappa shape index (κ2) is 10.9. The molecule has 2 heterocycles. The average Bonchev–Trinajstić information content (AvgIpc) is 3.20.